The average Bonchev–Trinajstić information content (AvgIpc) is 2.86. The molecule has 2 aromatic rings. The first-order valence-electron chi connectivity index (χ1n) is 8.42. The fraction of sp³-hybridized carbons (Fsp3) is 0.368. The van der Waals surface area contributed by atoms with Gasteiger partial charge in [0.1, 0.15) is 6.04 Å². The van der Waals surface area contributed by atoms with E-state index in [4.69, 9.17) is 0 Å². The van der Waals surface area contributed by atoms with Gasteiger partial charge in [0, 0.05) is 37.5 Å². The summed E-state index contributed by atoms with van der Waals surface area (Å²) in [7, 11) is 1.86. The summed E-state index contributed by atoms with van der Waals surface area (Å²) in [5.74, 6) is -0.212. The molecule has 0 saturated heterocycles. The summed E-state index contributed by atoms with van der Waals surface area (Å²) in [6, 6.07) is 2.36. The average molecular weight is 355 g/mol. The maximum atomic E-state index is 12.8. The van der Waals surface area contributed by atoms with Crippen molar-refractivity contribution < 1.29 is 4.79 Å². The van der Waals surface area contributed by atoms with E-state index < -0.39 is 6.04 Å². The van der Waals surface area contributed by atoms with Crippen molar-refractivity contribution in [3.63, 3.8) is 0 Å². The second kappa shape index (κ2) is 7.95. The van der Waals surface area contributed by atoms with Crippen LogP contribution in [0.5, 0.6) is 0 Å². The van der Waals surface area contributed by atoms with Gasteiger partial charge in [0.05, 0.1) is 11.4 Å². The number of aryl methyl sites for hydroxylation is 2. The first-order chi connectivity index (χ1) is 12.3. The van der Waals surface area contributed by atoms with Crippen molar-refractivity contribution in [1.29, 1.82) is 0 Å². The first-order valence-corrected chi connectivity index (χ1v) is 8.42. The molecule has 2 heterocycles. The van der Waals surface area contributed by atoms with E-state index in [0.29, 0.717) is 18.8 Å². The van der Waals surface area contributed by atoms with Gasteiger partial charge in [-0.2, -0.15) is 10.2 Å². The van der Waals surface area contributed by atoms with Gasteiger partial charge in [-0.1, -0.05) is 12.2 Å². The molecule has 2 rings (SSSR count). The summed E-state index contributed by atoms with van der Waals surface area (Å²) < 4.78 is 3.00. The van der Waals surface area contributed by atoms with Crippen LogP contribution in [-0.4, -0.2) is 43.5 Å². The number of hydrogen-bond donors (Lipinski definition) is 0. The molecule has 138 valence electrons. The van der Waals surface area contributed by atoms with Crippen LogP contribution in [-0.2, 0) is 11.8 Å². The fourth-order valence-corrected chi connectivity index (χ4v) is 2.92. The van der Waals surface area contributed by atoms with E-state index in [1.54, 1.807) is 34.7 Å². The van der Waals surface area contributed by atoms with Crippen molar-refractivity contribution in [3.8, 4) is 11.3 Å². The Morgan fingerprint density at radius 2 is 1.85 bits per heavy atom. The summed E-state index contributed by atoms with van der Waals surface area (Å²) in [4.78, 5) is 26.7. The molecule has 0 aromatic carbocycles. The molecule has 0 bridgehead atoms. The monoisotopic (exact) mass is 355 g/mol. The second-order valence-corrected chi connectivity index (χ2v) is 6.17. The Morgan fingerprint density at radius 1 is 1.23 bits per heavy atom. The molecule has 0 fully saturated rings. The van der Waals surface area contributed by atoms with Gasteiger partial charge >= 0.3 is 0 Å². The molecule has 1 amide bonds. The molecule has 0 spiro atoms. The predicted octanol–water partition coefficient (Wildman–Crippen LogP) is 2.02. The fourth-order valence-electron chi connectivity index (χ4n) is 2.92. The van der Waals surface area contributed by atoms with Crippen molar-refractivity contribution in [2.75, 3.05) is 13.1 Å². The lowest BCUT2D eigenvalue weighted by molar-refractivity contribution is -0.133. The number of carbonyl (C=O) groups excluding carboxylic acids is 1. The van der Waals surface area contributed by atoms with Crippen LogP contribution < -0.4 is 5.56 Å². The molecular weight excluding hydrogens is 330 g/mol. The van der Waals surface area contributed by atoms with Gasteiger partial charge in [-0.15, -0.1) is 13.2 Å². The zero-order valence-electron chi connectivity index (χ0n) is 15.8. The molecule has 1 atom stereocenters. The van der Waals surface area contributed by atoms with Crippen LogP contribution in [0, 0.1) is 13.8 Å². The number of nitrogens with zero attached hydrogens (tertiary/aromatic N) is 5. The smallest absolute Gasteiger partial charge is 0.267 e. The third kappa shape index (κ3) is 3.66. The van der Waals surface area contributed by atoms with E-state index in [2.05, 4.69) is 23.4 Å². The van der Waals surface area contributed by atoms with Gasteiger partial charge < -0.3 is 4.90 Å². The molecule has 26 heavy (non-hydrogen) atoms. The van der Waals surface area contributed by atoms with E-state index in [1.165, 1.54) is 10.7 Å². The van der Waals surface area contributed by atoms with Crippen LogP contribution >= 0.6 is 0 Å². The first kappa shape index (κ1) is 19.4. The quantitative estimate of drug-likeness (QED) is 0.712. The lowest BCUT2D eigenvalue weighted by Crippen LogP contribution is -2.40. The SMILES string of the molecule is C=CCN(CC=C)C(=O)[C@@H](C)n1nc(-c2c(C)nn(C)c2C)ccc1=O. The predicted molar refractivity (Wildman–Crippen MR) is 102 cm³/mol. The lowest BCUT2D eigenvalue weighted by atomic mass is 10.1. The molecule has 0 aliphatic carbocycles. The molecule has 0 saturated carbocycles. The topological polar surface area (TPSA) is 73.0 Å². The summed E-state index contributed by atoms with van der Waals surface area (Å²) in [5.41, 5.74) is 2.92. The second-order valence-electron chi connectivity index (χ2n) is 6.17. The Bertz CT molecular complexity index is 884. The Labute approximate surface area is 153 Å². The highest BCUT2D eigenvalue weighted by atomic mass is 16.2. The summed E-state index contributed by atoms with van der Waals surface area (Å²) in [5, 5.41) is 8.84. The molecule has 0 aliphatic heterocycles. The Balaban J connectivity index is 2.46. The van der Waals surface area contributed by atoms with Gasteiger partial charge in [0.2, 0.25) is 5.91 Å². The zero-order valence-corrected chi connectivity index (χ0v) is 15.8. The summed E-state index contributed by atoms with van der Waals surface area (Å²) in [6.07, 6.45) is 3.28. The third-order valence-corrected chi connectivity index (χ3v) is 4.33. The highest BCUT2D eigenvalue weighted by Crippen LogP contribution is 2.24. The highest BCUT2D eigenvalue weighted by Gasteiger charge is 2.23. The number of carbonyl (C=O) groups is 1. The van der Waals surface area contributed by atoms with Crippen LogP contribution in [0.15, 0.2) is 42.2 Å². The Hall–Kier alpha value is -2.96. The van der Waals surface area contributed by atoms with E-state index in [-0.39, 0.29) is 11.5 Å². The van der Waals surface area contributed by atoms with Crippen molar-refractivity contribution in [3.05, 3.63) is 59.2 Å². The van der Waals surface area contributed by atoms with E-state index in [9.17, 15) is 9.59 Å². The third-order valence-electron chi connectivity index (χ3n) is 4.33. The van der Waals surface area contributed by atoms with Crippen LogP contribution in [0.3, 0.4) is 0 Å². The van der Waals surface area contributed by atoms with Gasteiger partial charge in [-0.25, -0.2) is 4.68 Å². The Morgan fingerprint density at radius 3 is 2.35 bits per heavy atom. The van der Waals surface area contributed by atoms with Crippen LogP contribution in [0.1, 0.15) is 24.4 Å². The van der Waals surface area contributed by atoms with Gasteiger partial charge in [-0.3, -0.25) is 14.3 Å². The number of amides is 1. The lowest BCUT2D eigenvalue weighted by Gasteiger charge is -2.24. The Kier molecular flexibility index (Phi) is 5.92. The van der Waals surface area contributed by atoms with Crippen molar-refractivity contribution >= 4 is 5.91 Å². The maximum absolute atomic E-state index is 12.8. The normalized spacial score (nSPS) is 11.8. The van der Waals surface area contributed by atoms with Crippen molar-refractivity contribution in [2.24, 2.45) is 7.05 Å². The summed E-state index contributed by atoms with van der Waals surface area (Å²) in [6.45, 7) is 13.6. The molecule has 2 aromatic heterocycles. The minimum absolute atomic E-state index is 0.212. The summed E-state index contributed by atoms with van der Waals surface area (Å²) >= 11 is 0. The minimum Gasteiger partial charge on any atom is -0.333 e. The van der Waals surface area contributed by atoms with Crippen molar-refractivity contribution in [2.45, 2.75) is 26.8 Å². The van der Waals surface area contributed by atoms with Gasteiger partial charge in [0.25, 0.3) is 5.56 Å². The minimum atomic E-state index is -0.736. The van der Waals surface area contributed by atoms with E-state index in [1.807, 2.05) is 20.9 Å². The van der Waals surface area contributed by atoms with Crippen LogP contribution in [0.25, 0.3) is 11.3 Å². The number of rotatable bonds is 7. The highest BCUT2D eigenvalue weighted by molar-refractivity contribution is 5.80. The number of hydrogen-bond acceptors (Lipinski definition) is 4. The molecular formula is C19H25N5O2. The standard InChI is InChI=1S/C19H25N5O2/c1-7-11-23(12-8-2)19(26)15(5)24-17(25)10-9-16(21-24)18-13(3)20-22(6)14(18)4/h7-10,15H,1-2,11-12H2,3-6H3/t15-/m1/s1. The molecule has 0 unspecified atom stereocenters. The molecule has 0 N–H and O–H groups in total. The molecule has 0 radical (unpaired) electrons. The van der Waals surface area contributed by atoms with Crippen LogP contribution in [0.4, 0.5) is 0 Å². The van der Waals surface area contributed by atoms with Gasteiger partial charge in [0.15, 0.2) is 0 Å². The van der Waals surface area contributed by atoms with E-state index in [0.717, 1.165) is 17.0 Å². The molecule has 7 nitrogen and oxygen atoms in total. The zero-order chi connectivity index (χ0) is 19.4. The van der Waals surface area contributed by atoms with Crippen LogP contribution in [0.2, 0.25) is 0 Å². The largest absolute Gasteiger partial charge is 0.333 e. The van der Waals surface area contributed by atoms with E-state index >= 15 is 0 Å². The van der Waals surface area contributed by atoms with Gasteiger partial charge in [-0.05, 0) is 26.8 Å². The van der Waals surface area contributed by atoms with Crippen molar-refractivity contribution in [1.82, 2.24) is 24.5 Å². The number of aromatic nitrogens is 4. The molecule has 7 heteroatoms. The maximum Gasteiger partial charge on any atom is 0.267 e. The molecule has 0 aliphatic rings.